The van der Waals surface area contributed by atoms with E-state index in [1.807, 2.05) is 6.07 Å². The van der Waals surface area contributed by atoms with Crippen LogP contribution >= 0.6 is 0 Å². The summed E-state index contributed by atoms with van der Waals surface area (Å²) in [6, 6.07) is 10.9. The topological polar surface area (TPSA) is 109 Å². The van der Waals surface area contributed by atoms with E-state index in [4.69, 9.17) is 24.1 Å². The fourth-order valence-corrected chi connectivity index (χ4v) is 6.75. The molecular weight excluding hydrogens is 624 g/mol. The lowest BCUT2D eigenvalue weighted by atomic mass is 9.65. The van der Waals surface area contributed by atoms with E-state index in [0.29, 0.717) is 23.2 Å². The molecule has 5 rings (SSSR count). The molecule has 2 heterocycles. The summed E-state index contributed by atoms with van der Waals surface area (Å²) in [5.74, 6) is -1.35. The number of methoxy groups -OCH3 is 2. The number of nitrogens with one attached hydrogen (secondary N) is 2. The fraction of sp³-hybridized carbons (Fsp3) is 0.548. The van der Waals surface area contributed by atoms with Gasteiger partial charge < -0.3 is 30.0 Å². The number of hydrogen-bond acceptors (Lipinski definition) is 6. The Balaban J connectivity index is 0.000000617. The third kappa shape index (κ3) is 8.16. The maximum atomic E-state index is 12.9. The van der Waals surface area contributed by atoms with Gasteiger partial charge in [-0.15, -0.1) is 0 Å². The van der Waals surface area contributed by atoms with Crippen LogP contribution in [0.2, 0.25) is 0 Å². The first-order chi connectivity index (χ1) is 21.7. The van der Waals surface area contributed by atoms with Crippen molar-refractivity contribution >= 4 is 17.7 Å². The maximum absolute atomic E-state index is 12.9. The fourth-order valence-electron chi connectivity index (χ4n) is 6.75. The smallest absolute Gasteiger partial charge is 0.490 e. The van der Waals surface area contributed by atoms with Crippen molar-refractivity contribution < 1.29 is 55.2 Å². The minimum atomic E-state index is -5.08. The van der Waals surface area contributed by atoms with Crippen LogP contribution in [0.15, 0.2) is 42.5 Å². The second-order valence-corrected chi connectivity index (χ2v) is 11.5. The number of hydrogen-bond donors (Lipinski definition) is 3. The molecule has 0 aromatic heterocycles. The number of amides is 2. The van der Waals surface area contributed by atoms with Crippen LogP contribution in [0.5, 0.6) is 11.5 Å². The second-order valence-electron chi connectivity index (χ2n) is 11.5. The number of carbonyl (C=O) groups is 2. The molecule has 2 saturated heterocycles. The number of rotatable bonds is 6. The highest BCUT2D eigenvalue weighted by molar-refractivity contribution is 5.89. The van der Waals surface area contributed by atoms with Gasteiger partial charge >= 0.3 is 24.4 Å². The summed E-state index contributed by atoms with van der Waals surface area (Å²) >= 11 is 0. The molecule has 9 nitrogen and oxygen atoms in total. The van der Waals surface area contributed by atoms with E-state index in [-0.39, 0.29) is 17.5 Å². The average molecular weight is 662 g/mol. The van der Waals surface area contributed by atoms with E-state index in [2.05, 4.69) is 27.7 Å². The van der Waals surface area contributed by atoms with Crippen LogP contribution in [0.3, 0.4) is 0 Å². The lowest BCUT2D eigenvalue weighted by molar-refractivity contribution is -0.192. The molecule has 2 amide bonds. The first-order valence-corrected chi connectivity index (χ1v) is 14.8. The molecule has 2 aromatic rings. The van der Waals surface area contributed by atoms with Gasteiger partial charge in [0, 0.05) is 42.4 Å². The number of fused-ring (bicyclic) bond motifs is 1. The van der Waals surface area contributed by atoms with Gasteiger partial charge in [0.25, 0.3) is 0 Å². The van der Waals surface area contributed by atoms with Crippen LogP contribution in [-0.4, -0.2) is 80.3 Å². The van der Waals surface area contributed by atoms with Gasteiger partial charge in [-0.25, -0.2) is 9.59 Å². The van der Waals surface area contributed by atoms with Crippen LogP contribution in [0.25, 0.3) is 0 Å². The van der Waals surface area contributed by atoms with Gasteiger partial charge in [-0.05, 0) is 87.0 Å². The molecule has 1 aliphatic carbocycles. The van der Waals surface area contributed by atoms with E-state index in [9.17, 15) is 31.1 Å². The molecule has 0 unspecified atom stereocenters. The van der Waals surface area contributed by atoms with Crippen molar-refractivity contribution in [3.63, 3.8) is 0 Å². The Bertz CT molecular complexity index is 1350. The third-order valence-corrected chi connectivity index (χ3v) is 8.97. The van der Waals surface area contributed by atoms with Gasteiger partial charge in [-0.2, -0.15) is 26.3 Å². The van der Waals surface area contributed by atoms with Crippen LogP contribution in [0.1, 0.15) is 49.7 Å². The molecule has 3 N–H and O–H groups in total. The number of ether oxygens (including phenoxy) is 3. The van der Waals surface area contributed by atoms with E-state index in [1.165, 1.54) is 17.7 Å². The standard InChI is InChI=1S/C29H36F3N3O4.C2HF3O2/c1-37-24-8-5-20(17-25(24)38-2)28-12-9-22(18-26(28)35(14-13-28)23-10-15-39-16-11-23)34-27(36)33-21-6-3-19(4-7-21)29(30,31)32;3-2(4,5)1(6)7/h3-8,17,22-23,26H,9-16,18H2,1-2H3,(H2,33,34,36);(H,6,7)/t22-,26+,28+;/m1./s1. The summed E-state index contributed by atoms with van der Waals surface area (Å²) in [5, 5.41) is 12.9. The minimum Gasteiger partial charge on any atom is -0.493 e. The van der Waals surface area contributed by atoms with Crippen molar-refractivity contribution in [1.29, 1.82) is 0 Å². The maximum Gasteiger partial charge on any atom is 0.490 e. The van der Waals surface area contributed by atoms with Gasteiger partial charge in [-0.3, -0.25) is 4.90 Å². The Kier molecular flexibility index (Phi) is 11.0. The molecule has 46 heavy (non-hydrogen) atoms. The number of aliphatic carboxylic acids is 1. The third-order valence-electron chi connectivity index (χ3n) is 8.97. The van der Waals surface area contributed by atoms with Crippen LogP contribution in [-0.2, 0) is 21.1 Å². The zero-order valence-corrected chi connectivity index (χ0v) is 25.3. The Morgan fingerprint density at radius 2 is 1.57 bits per heavy atom. The predicted octanol–water partition coefficient (Wildman–Crippen LogP) is 6.22. The van der Waals surface area contributed by atoms with Crippen molar-refractivity contribution in [2.24, 2.45) is 0 Å². The van der Waals surface area contributed by atoms with E-state index in [0.717, 1.165) is 70.4 Å². The molecule has 0 radical (unpaired) electrons. The number of nitrogens with zero attached hydrogens (tertiary/aromatic N) is 1. The summed E-state index contributed by atoms with van der Waals surface area (Å²) < 4.78 is 87.1. The lowest BCUT2D eigenvalue weighted by Gasteiger charge is -2.47. The second kappa shape index (κ2) is 14.4. The highest BCUT2D eigenvalue weighted by Crippen LogP contribution is 2.51. The molecule has 0 bridgehead atoms. The molecule has 15 heteroatoms. The van der Waals surface area contributed by atoms with Crippen molar-refractivity contribution in [1.82, 2.24) is 10.2 Å². The molecule has 3 fully saturated rings. The highest BCUT2D eigenvalue weighted by Gasteiger charge is 2.53. The van der Waals surface area contributed by atoms with E-state index >= 15 is 0 Å². The summed E-state index contributed by atoms with van der Waals surface area (Å²) in [7, 11) is 3.28. The SMILES string of the molecule is COc1ccc([C@@]23CC[C@@H](NC(=O)Nc4ccc(C(F)(F)F)cc4)C[C@@H]2N(C2CCOCC2)CC3)cc1OC.O=C(O)C(F)(F)F. The first-order valence-electron chi connectivity index (χ1n) is 14.8. The number of anilines is 1. The number of carboxylic acids is 1. The largest absolute Gasteiger partial charge is 0.493 e. The van der Waals surface area contributed by atoms with Crippen molar-refractivity contribution in [2.75, 3.05) is 39.3 Å². The minimum absolute atomic E-state index is 0.0573. The van der Waals surface area contributed by atoms with Gasteiger partial charge in [-0.1, -0.05) is 6.07 Å². The average Bonchev–Trinajstić information content (AvgIpc) is 3.40. The zero-order chi connectivity index (χ0) is 33.7. The number of halogens is 6. The van der Waals surface area contributed by atoms with Crippen molar-refractivity contribution in [3.8, 4) is 11.5 Å². The van der Waals surface area contributed by atoms with Gasteiger partial charge in [0.2, 0.25) is 0 Å². The molecule has 2 aliphatic heterocycles. The molecule has 0 spiro atoms. The summed E-state index contributed by atoms with van der Waals surface area (Å²) in [6.07, 6.45) is -4.01. The molecule has 3 aliphatic rings. The summed E-state index contributed by atoms with van der Waals surface area (Å²) in [4.78, 5) is 24.4. The Labute approximate surface area is 262 Å². The van der Waals surface area contributed by atoms with Crippen LogP contribution in [0, 0.1) is 0 Å². The monoisotopic (exact) mass is 661 g/mol. The molecular formula is C31H37F6N3O6. The molecule has 2 aromatic carbocycles. The number of likely N-dealkylation sites (tertiary alicyclic amines) is 1. The van der Waals surface area contributed by atoms with E-state index in [1.54, 1.807) is 14.2 Å². The predicted molar refractivity (Wildman–Crippen MR) is 155 cm³/mol. The molecule has 3 atom stereocenters. The van der Waals surface area contributed by atoms with Crippen LogP contribution < -0.4 is 20.1 Å². The number of alkyl halides is 6. The van der Waals surface area contributed by atoms with E-state index < -0.39 is 29.9 Å². The lowest BCUT2D eigenvalue weighted by Crippen LogP contribution is -2.55. The number of urea groups is 1. The Hall–Kier alpha value is -3.72. The quantitative estimate of drug-likeness (QED) is 0.316. The first kappa shape index (κ1) is 35.1. The van der Waals surface area contributed by atoms with Crippen LogP contribution in [0.4, 0.5) is 36.8 Å². The molecule has 1 saturated carbocycles. The normalized spacial score (nSPS) is 23.8. The van der Waals surface area contributed by atoms with Gasteiger partial charge in [0.1, 0.15) is 0 Å². The molecule has 254 valence electrons. The Morgan fingerprint density at radius 1 is 0.935 bits per heavy atom. The highest BCUT2D eigenvalue weighted by atomic mass is 19.4. The van der Waals surface area contributed by atoms with Crippen molar-refractivity contribution in [2.45, 2.75) is 74.4 Å². The number of carbonyl (C=O) groups excluding carboxylic acids is 1. The van der Waals surface area contributed by atoms with Gasteiger partial charge in [0.05, 0.1) is 19.8 Å². The Morgan fingerprint density at radius 3 is 2.13 bits per heavy atom. The van der Waals surface area contributed by atoms with Gasteiger partial charge in [0.15, 0.2) is 11.5 Å². The summed E-state index contributed by atoms with van der Waals surface area (Å²) in [5.41, 5.74) is 0.731. The zero-order valence-electron chi connectivity index (χ0n) is 25.3. The number of carboxylic acid groups (broad SMARTS) is 1. The number of benzene rings is 2. The van der Waals surface area contributed by atoms with Crippen molar-refractivity contribution in [3.05, 3.63) is 53.6 Å². The summed E-state index contributed by atoms with van der Waals surface area (Å²) in [6.45, 7) is 2.50.